The van der Waals surface area contributed by atoms with E-state index in [9.17, 15) is 4.79 Å². The Morgan fingerprint density at radius 1 is 1.20 bits per heavy atom. The fourth-order valence-electron chi connectivity index (χ4n) is 5.40. The molecule has 156 valence electrons. The number of aromatic nitrogens is 5. The maximum absolute atomic E-state index is 12.9. The molecule has 6 rings (SSSR count). The summed E-state index contributed by atoms with van der Waals surface area (Å²) in [5.41, 5.74) is 2.39. The standard InChI is InChI=1S/C22H27N7O/c1-13-4-3-5-28(13)21(30)19-9-17(12-27(19)2)25-22-23-10-16-11-24-29(20(16)26-22)18-7-14-6-15(14)8-18/h9-15,18H,3-8H2,1-2H3,(H,23,25,26)/t13-,14-,15+,18?/m1/s1. The molecule has 3 aliphatic rings. The number of nitrogens with one attached hydrogen (secondary N) is 1. The van der Waals surface area contributed by atoms with Gasteiger partial charge in [-0.1, -0.05) is 0 Å². The molecule has 8 heteroatoms. The van der Waals surface area contributed by atoms with Crippen molar-refractivity contribution in [1.82, 2.24) is 29.2 Å². The van der Waals surface area contributed by atoms with Crippen molar-refractivity contribution in [3.8, 4) is 0 Å². The van der Waals surface area contributed by atoms with Gasteiger partial charge in [0, 0.05) is 32.0 Å². The third-order valence-electron chi connectivity index (χ3n) is 7.19. The maximum Gasteiger partial charge on any atom is 0.270 e. The molecule has 0 radical (unpaired) electrons. The SMILES string of the molecule is C[C@@H]1CCCN1C(=O)c1cc(Nc2ncc3cnn(C4C[C@@H]5C[C@@H]5C4)c3n2)cn1C. The molecule has 2 saturated carbocycles. The first-order valence-electron chi connectivity index (χ1n) is 11.0. The number of aryl methyl sites for hydroxylation is 1. The third-order valence-corrected chi connectivity index (χ3v) is 7.19. The van der Waals surface area contributed by atoms with Gasteiger partial charge in [-0.05, 0) is 56.9 Å². The van der Waals surface area contributed by atoms with E-state index in [1.165, 1.54) is 19.3 Å². The molecular weight excluding hydrogens is 378 g/mol. The summed E-state index contributed by atoms with van der Waals surface area (Å²) >= 11 is 0. The second-order valence-corrected chi connectivity index (χ2v) is 9.28. The predicted molar refractivity (Wildman–Crippen MR) is 114 cm³/mol. The topological polar surface area (TPSA) is 80.9 Å². The molecule has 4 heterocycles. The van der Waals surface area contributed by atoms with Gasteiger partial charge in [0.05, 0.1) is 23.3 Å². The van der Waals surface area contributed by atoms with Crippen LogP contribution in [0.3, 0.4) is 0 Å². The molecule has 3 aromatic rings. The normalized spacial score (nSPS) is 27.6. The first-order chi connectivity index (χ1) is 14.6. The zero-order chi connectivity index (χ0) is 20.4. The minimum Gasteiger partial charge on any atom is -0.344 e. The Morgan fingerprint density at radius 3 is 2.80 bits per heavy atom. The van der Waals surface area contributed by atoms with Crippen molar-refractivity contribution in [3.63, 3.8) is 0 Å². The van der Waals surface area contributed by atoms with Crippen molar-refractivity contribution in [2.75, 3.05) is 11.9 Å². The number of hydrogen-bond donors (Lipinski definition) is 1. The van der Waals surface area contributed by atoms with Crippen LogP contribution in [-0.4, -0.2) is 47.7 Å². The minimum atomic E-state index is 0.0878. The summed E-state index contributed by atoms with van der Waals surface area (Å²) in [5, 5.41) is 8.86. The number of amides is 1. The zero-order valence-corrected chi connectivity index (χ0v) is 17.5. The van der Waals surface area contributed by atoms with Gasteiger partial charge in [-0.15, -0.1) is 0 Å². The van der Waals surface area contributed by atoms with Crippen LogP contribution in [0.15, 0.2) is 24.7 Å². The molecule has 4 atom stereocenters. The number of fused-ring (bicyclic) bond motifs is 2. The van der Waals surface area contributed by atoms with Gasteiger partial charge in [0.1, 0.15) is 5.69 Å². The summed E-state index contributed by atoms with van der Waals surface area (Å²) in [6.45, 7) is 2.95. The van der Waals surface area contributed by atoms with Crippen LogP contribution in [0.5, 0.6) is 0 Å². The van der Waals surface area contributed by atoms with Crippen molar-refractivity contribution < 1.29 is 4.79 Å². The molecule has 1 N–H and O–H groups in total. The van der Waals surface area contributed by atoms with Gasteiger partial charge in [0.15, 0.2) is 5.65 Å². The summed E-state index contributed by atoms with van der Waals surface area (Å²) in [6.07, 6.45) is 11.6. The van der Waals surface area contributed by atoms with Crippen molar-refractivity contribution >= 4 is 28.6 Å². The third kappa shape index (κ3) is 2.88. The largest absolute Gasteiger partial charge is 0.344 e. The summed E-state index contributed by atoms with van der Waals surface area (Å²) in [5.74, 6) is 2.41. The highest BCUT2D eigenvalue weighted by Gasteiger charge is 2.47. The van der Waals surface area contributed by atoms with E-state index in [-0.39, 0.29) is 5.91 Å². The van der Waals surface area contributed by atoms with E-state index in [0.717, 1.165) is 47.9 Å². The molecule has 30 heavy (non-hydrogen) atoms. The summed E-state index contributed by atoms with van der Waals surface area (Å²) in [7, 11) is 1.91. The number of carbonyl (C=O) groups excluding carboxylic acids is 1. The van der Waals surface area contributed by atoms with E-state index in [2.05, 4.69) is 27.0 Å². The van der Waals surface area contributed by atoms with Crippen molar-refractivity contribution in [2.45, 2.75) is 51.1 Å². The van der Waals surface area contributed by atoms with Crippen molar-refractivity contribution in [2.24, 2.45) is 18.9 Å². The highest BCUT2D eigenvalue weighted by atomic mass is 16.2. The second-order valence-electron chi connectivity index (χ2n) is 9.28. The van der Waals surface area contributed by atoms with E-state index in [1.54, 1.807) is 0 Å². The van der Waals surface area contributed by atoms with Crippen LogP contribution in [0.1, 0.15) is 55.6 Å². The van der Waals surface area contributed by atoms with Crippen LogP contribution < -0.4 is 5.32 Å². The summed E-state index contributed by atoms with van der Waals surface area (Å²) < 4.78 is 3.96. The molecule has 2 aliphatic carbocycles. The molecule has 0 spiro atoms. The Kier molecular flexibility index (Phi) is 3.91. The summed E-state index contributed by atoms with van der Waals surface area (Å²) in [6, 6.07) is 2.65. The van der Waals surface area contributed by atoms with E-state index in [4.69, 9.17) is 4.98 Å². The van der Waals surface area contributed by atoms with Gasteiger partial charge >= 0.3 is 0 Å². The van der Waals surface area contributed by atoms with Crippen LogP contribution in [0.2, 0.25) is 0 Å². The van der Waals surface area contributed by atoms with Crippen LogP contribution >= 0.6 is 0 Å². The molecule has 1 aliphatic heterocycles. The lowest BCUT2D eigenvalue weighted by molar-refractivity contribution is 0.0738. The highest BCUT2D eigenvalue weighted by molar-refractivity contribution is 5.94. The Hall–Kier alpha value is -2.90. The van der Waals surface area contributed by atoms with Crippen molar-refractivity contribution in [3.05, 3.63) is 30.4 Å². The number of likely N-dealkylation sites (tertiary alicyclic amines) is 1. The van der Waals surface area contributed by atoms with E-state index < -0.39 is 0 Å². The molecule has 3 fully saturated rings. The number of carbonyl (C=O) groups is 1. The maximum atomic E-state index is 12.9. The van der Waals surface area contributed by atoms with Crippen LogP contribution in [0.4, 0.5) is 11.6 Å². The molecule has 0 aromatic carbocycles. The molecule has 1 saturated heterocycles. The fourth-order valence-corrected chi connectivity index (χ4v) is 5.40. The first-order valence-corrected chi connectivity index (χ1v) is 11.0. The molecule has 0 bridgehead atoms. The molecular formula is C22H27N7O. The second kappa shape index (κ2) is 6.55. The molecule has 1 amide bonds. The van der Waals surface area contributed by atoms with Gasteiger partial charge in [-0.3, -0.25) is 4.79 Å². The predicted octanol–water partition coefficient (Wildman–Crippen LogP) is 3.50. The van der Waals surface area contributed by atoms with Gasteiger partial charge in [0.25, 0.3) is 5.91 Å². The number of nitrogens with zero attached hydrogens (tertiary/aromatic N) is 6. The van der Waals surface area contributed by atoms with Gasteiger partial charge < -0.3 is 14.8 Å². The first kappa shape index (κ1) is 17.9. The van der Waals surface area contributed by atoms with Gasteiger partial charge in [-0.25, -0.2) is 9.67 Å². The van der Waals surface area contributed by atoms with E-state index in [1.807, 2.05) is 41.2 Å². The average molecular weight is 406 g/mol. The Labute approximate surface area is 175 Å². The molecule has 8 nitrogen and oxygen atoms in total. The smallest absolute Gasteiger partial charge is 0.270 e. The lowest BCUT2D eigenvalue weighted by atomic mass is 10.2. The summed E-state index contributed by atoms with van der Waals surface area (Å²) in [4.78, 5) is 24.1. The Morgan fingerprint density at radius 2 is 2.03 bits per heavy atom. The Bertz CT molecular complexity index is 1120. The Balaban J connectivity index is 1.25. The fraction of sp³-hybridized carbons (Fsp3) is 0.545. The van der Waals surface area contributed by atoms with E-state index in [0.29, 0.717) is 23.7 Å². The van der Waals surface area contributed by atoms with Crippen molar-refractivity contribution in [1.29, 1.82) is 0 Å². The quantitative estimate of drug-likeness (QED) is 0.718. The van der Waals surface area contributed by atoms with Gasteiger partial charge in [0.2, 0.25) is 5.95 Å². The molecule has 1 unspecified atom stereocenters. The molecule has 3 aromatic heterocycles. The van der Waals surface area contributed by atoms with Crippen LogP contribution in [0, 0.1) is 11.8 Å². The van der Waals surface area contributed by atoms with Gasteiger partial charge in [-0.2, -0.15) is 10.1 Å². The highest BCUT2D eigenvalue weighted by Crippen LogP contribution is 2.56. The van der Waals surface area contributed by atoms with E-state index >= 15 is 0 Å². The number of hydrogen-bond acceptors (Lipinski definition) is 5. The number of anilines is 2. The zero-order valence-electron chi connectivity index (χ0n) is 17.5. The van der Waals surface area contributed by atoms with Crippen LogP contribution in [-0.2, 0) is 7.05 Å². The monoisotopic (exact) mass is 405 g/mol. The average Bonchev–Trinajstić information content (AvgIpc) is 3.18. The lowest BCUT2D eigenvalue weighted by Gasteiger charge is -2.21. The lowest BCUT2D eigenvalue weighted by Crippen LogP contribution is -2.34. The van der Waals surface area contributed by atoms with Crippen LogP contribution in [0.25, 0.3) is 11.0 Å². The minimum absolute atomic E-state index is 0.0878. The number of rotatable bonds is 4.